The zero-order valence-electron chi connectivity index (χ0n) is 7.16. The second kappa shape index (κ2) is 3.93. The first kappa shape index (κ1) is 8.82. The van der Waals surface area contributed by atoms with Crippen LogP contribution in [0, 0.1) is 0 Å². The van der Waals surface area contributed by atoms with Crippen molar-refractivity contribution in [3.63, 3.8) is 0 Å². The third-order valence-electron chi connectivity index (χ3n) is 2.34. The lowest BCUT2D eigenvalue weighted by Crippen LogP contribution is -2.40. The van der Waals surface area contributed by atoms with Crippen LogP contribution < -0.4 is 0 Å². The van der Waals surface area contributed by atoms with E-state index in [2.05, 4.69) is 11.4 Å². The number of hydrogen-bond acceptors (Lipinski definition) is 2. The second-order valence-electron chi connectivity index (χ2n) is 3.19. The van der Waals surface area contributed by atoms with E-state index < -0.39 is 0 Å². The van der Waals surface area contributed by atoms with Gasteiger partial charge < -0.3 is 9.83 Å². The van der Waals surface area contributed by atoms with Crippen LogP contribution in [0.2, 0.25) is 6.82 Å². The molecule has 1 fully saturated rings. The number of nitrogens with zero attached hydrogens (tertiary/aromatic N) is 1. The predicted molar refractivity (Wildman–Crippen MR) is 48.4 cm³/mol. The van der Waals surface area contributed by atoms with E-state index >= 15 is 0 Å². The standard InChI is InChI=1S/C8H16BNO/c1-3-5-8-6-4-7-10(8)9(2)11/h3,8,11H,1,4-7H2,2H3. The Morgan fingerprint density at radius 1 is 1.82 bits per heavy atom. The Hall–Kier alpha value is -0.275. The van der Waals surface area contributed by atoms with Gasteiger partial charge in [-0.2, -0.15) is 0 Å². The van der Waals surface area contributed by atoms with E-state index in [1.165, 1.54) is 12.8 Å². The van der Waals surface area contributed by atoms with Gasteiger partial charge in [-0.25, -0.2) is 0 Å². The lowest BCUT2D eigenvalue weighted by atomic mass is 9.84. The zero-order chi connectivity index (χ0) is 8.27. The van der Waals surface area contributed by atoms with Crippen LogP contribution in [0.1, 0.15) is 19.3 Å². The summed E-state index contributed by atoms with van der Waals surface area (Å²) in [4.78, 5) is 2.14. The quantitative estimate of drug-likeness (QED) is 0.485. The molecule has 1 unspecified atom stereocenters. The van der Waals surface area contributed by atoms with Crippen LogP contribution in [0.4, 0.5) is 0 Å². The van der Waals surface area contributed by atoms with E-state index in [9.17, 15) is 5.02 Å². The molecule has 3 heteroatoms. The SMILES string of the molecule is C=CCC1CCCN1B(C)O. The maximum Gasteiger partial charge on any atom is 0.376 e. The Kier molecular flexibility index (Phi) is 3.15. The first-order chi connectivity index (χ1) is 5.25. The van der Waals surface area contributed by atoms with Gasteiger partial charge in [0.15, 0.2) is 0 Å². The Morgan fingerprint density at radius 2 is 2.55 bits per heavy atom. The molecule has 0 amide bonds. The normalized spacial score (nSPS) is 25.5. The molecule has 0 aromatic rings. The molecule has 1 heterocycles. The molecule has 2 nitrogen and oxygen atoms in total. The molecule has 0 saturated carbocycles. The summed E-state index contributed by atoms with van der Waals surface area (Å²) < 4.78 is 0. The first-order valence-electron chi connectivity index (χ1n) is 4.30. The Balaban J connectivity index is 2.43. The molecule has 0 bridgehead atoms. The van der Waals surface area contributed by atoms with Gasteiger partial charge in [0.2, 0.25) is 0 Å². The van der Waals surface area contributed by atoms with Gasteiger partial charge in [-0.3, -0.25) is 0 Å². The Morgan fingerprint density at radius 3 is 3.09 bits per heavy atom. The van der Waals surface area contributed by atoms with Crippen molar-refractivity contribution in [3.8, 4) is 0 Å². The highest BCUT2D eigenvalue weighted by atomic mass is 16.2. The van der Waals surface area contributed by atoms with Crippen LogP contribution in [-0.2, 0) is 0 Å². The van der Waals surface area contributed by atoms with E-state index in [4.69, 9.17) is 0 Å². The molecular formula is C8H16BNO. The molecule has 62 valence electrons. The highest BCUT2D eigenvalue weighted by molar-refractivity contribution is 6.45. The molecule has 0 radical (unpaired) electrons. The fourth-order valence-electron chi connectivity index (χ4n) is 1.80. The second-order valence-corrected chi connectivity index (χ2v) is 3.19. The van der Waals surface area contributed by atoms with Crippen molar-refractivity contribution in [2.45, 2.75) is 32.1 Å². The van der Waals surface area contributed by atoms with E-state index in [-0.39, 0.29) is 7.05 Å². The average molecular weight is 153 g/mol. The van der Waals surface area contributed by atoms with Crippen molar-refractivity contribution in [1.82, 2.24) is 4.81 Å². The van der Waals surface area contributed by atoms with Crippen LogP contribution in [0.3, 0.4) is 0 Å². The number of rotatable bonds is 3. The highest BCUT2D eigenvalue weighted by Gasteiger charge is 2.28. The van der Waals surface area contributed by atoms with Gasteiger partial charge in [0, 0.05) is 6.04 Å². The van der Waals surface area contributed by atoms with Gasteiger partial charge in [-0.05, 0) is 32.6 Å². The molecule has 0 aliphatic carbocycles. The van der Waals surface area contributed by atoms with Gasteiger partial charge in [-0.15, -0.1) is 6.58 Å². The van der Waals surface area contributed by atoms with Gasteiger partial charge >= 0.3 is 7.05 Å². The van der Waals surface area contributed by atoms with Gasteiger partial charge in [-0.1, -0.05) is 6.08 Å². The summed E-state index contributed by atoms with van der Waals surface area (Å²) in [6.45, 7) is 6.58. The number of hydrogen-bond donors (Lipinski definition) is 1. The van der Waals surface area contributed by atoms with Crippen LogP contribution in [0.5, 0.6) is 0 Å². The third kappa shape index (κ3) is 2.07. The molecule has 0 spiro atoms. The van der Waals surface area contributed by atoms with Crippen molar-refractivity contribution < 1.29 is 5.02 Å². The van der Waals surface area contributed by atoms with Crippen LogP contribution in [0.25, 0.3) is 0 Å². The molecule has 1 N–H and O–H groups in total. The molecular weight excluding hydrogens is 137 g/mol. The molecule has 1 saturated heterocycles. The monoisotopic (exact) mass is 153 g/mol. The minimum absolute atomic E-state index is 0.289. The minimum atomic E-state index is -0.289. The van der Waals surface area contributed by atoms with Crippen LogP contribution in [0.15, 0.2) is 12.7 Å². The Labute approximate surface area is 69.0 Å². The van der Waals surface area contributed by atoms with Crippen molar-refractivity contribution in [1.29, 1.82) is 0 Å². The maximum absolute atomic E-state index is 9.34. The molecule has 1 atom stereocenters. The topological polar surface area (TPSA) is 23.5 Å². The highest BCUT2D eigenvalue weighted by Crippen LogP contribution is 2.20. The van der Waals surface area contributed by atoms with Crippen LogP contribution >= 0.6 is 0 Å². The summed E-state index contributed by atoms with van der Waals surface area (Å²) in [7, 11) is -0.289. The first-order valence-corrected chi connectivity index (χ1v) is 4.30. The fourth-order valence-corrected chi connectivity index (χ4v) is 1.80. The lowest BCUT2D eigenvalue weighted by molar-refractivity contribution is 0.346. The molecule has 0 aromatic heterocycles. The summed E-state index contributed by atoms with van der Waals surface area (Å²) in [6.07, 6.45) is 5.36. The summed E-state index contributed by atoms with van der Waals surface area (Å²) >= 11 is 0. The van der Waals surface area contributed by atoms with E-state index in [0.717, 1.165) is 13.0 Å². The summed E-state index contributed by atoms with van der Waals surface area (Å²) in [5.74, 6) is 0. The maximum atomic E-state index is 9.34. The predicted octanol–water partition coefficient (Wildman–Crippen LogP) is 1.14. The lowest BCUT2D eigenvalue weighted by Gasteiger charge is -2.23. The van der Waals surface area contributed by atoms with Crippen molar-refractivity contribution >= 4 is 7.05 Å². The summed E-state index contributed by atoms with van der Waals surface area (Å²) in [5.41, 5.74) is 0. The van der Waals surface area contributed by atoms with Crippen molar-refractivity contribution in [2.24, 2.45) is 0 Å². The molecule has 11 heavy (non-hydrogen) atoms. The van der Waals surface area contributed by atoms with E-state index in [0.29, 0.717) is 6.04 Å². The van der Waals surface area contributed by atoms with Crippen LogP contribution in [-0.4, -0.2) is 29.5 Å². The summed E-state index contributed by atoms with van der Waals surface area (Å²) in [6, 6.07) is 0.535. The third-order valence-corrected chi connectivity index (χ3v) is 2.34. The largest absolute Gasteiger partial charge is 0.437 e. The van der Waals surface area contributed by atoms with Crippen molar-refractivity contribution in [3.05, 3.63) is 12.7 Å². The van der Waals surface area contributed by atoms with E-state index in [1.54, 1.807) is 0 Å². The molecule has 1 rings (SSSR count). The van der Waals surface area contributed by atoms with Gasteiger partial charge in [0.05, 0.1) is 0 Å². The van der Waals surface area contributed by atoms with Gasteiger partial charge in [0.25, 0.3) is 0 Å². The smallest absolute Gasteiger partial charge is 0.376 e. The summed E-state index contributed by atoms with van der Waals surface area (Å²) in [5, 5.41) is 9.34. The molecule has 1 aliphatic heterocycles. The fraction of sp³-hybridized carbons (Fsp3) is 0.750. The zero-order valence-corrected chi connectivity index (χ0v) is 7.16. The molecule has 0 aromatic carbocycles. The van der Waals surface area contributed by atoms with Crippen molar-refractivity contribution in [2.75, 3.05) is 6.54 Å². The van der Waals surface area contributed by atoms with E-state index in [1.807, 2.05) is 12.9 Å². The average Bonchev–Trinajstić information content (AvgIpc) is 2.36. The molecule has 1 aliphatic rings. The Bertz CT molecular complexity index is 138. The van der Waals surface area contributed by atoms with Gasteiger partial charge in [0.1, 0.15) is 0 Å². The minimum Gasteiger partial charge on any atom is -0.437 e.